The first-order valence-electron chi connectivity index (χ1n) is 6.47. The topological polar surface area (TPSA) is 69.6 Å². The zero-order valence-electron chi connectivity index (χ0n) is 11.7. The van der Waals surface area contributed by atoms with Gasteiger partial charge in [0.1, 0.15) is 5.82 Å². The maximum atomic E-state index is 14.1. The summed E-state index contributed by atoms with van der Waals surface area (Å²) in [6.45, 7) is 4.03. The molecule has 0 fully saturated rings. The highest BCUT2D eigenvalue weighted by Gasteiger charge is 2.15. The fourth-order valence-electron chi connectivity index (χ4n) is 2.10. The first-order chi connectivity index (χ1) is 10.1. The number of rotatable bonds is 2. The van der Waals surface area contributed by atoms with E-state index in [-0.39, 0.29) is 0 Å². The lowest BCUT2D eigenvalue weighted by Crippen LogP contribution is -2.02. The van der Waals surface area contributed by atoms with E-state index < -0.39 is 5.82 Å². The van der Waals surface area contributed by atoms with Crippen LogP contribution in [-0.4, -0.2) is 20.2 Å². The standard InChI is InChI=1S/C15H14FN5/c1-9-3-5-12(7-10(9)2)21-15(18-19-20-21)13-6-4-11(17)8-14(13)16/h3-8H,17H2,1-2H3. The second-order valence-electron chi connectivity index (χ2n) is 4.92. The highest BCUT2D eigenvalue weighted by Crippen LogP contribution is 2.24. The van der Waals surface area contributed by atoms with Crippen LogP contribution in [0.25, 0.3) is 17.1 Å². The van der Waals surface area contributed by atoms with Crippen LogP contribution in [0.3, 0.4) is 0 Å². The molecular weight excluding hydrogens is 269 g/mol. The highest BCUT2D eigenvalue weighted by atomic mass is 19.1. The van der Waals surface area contributed by atoms with Crippen LogP contribution in [0.5, 0.6) is 0 Å². The predicted octanol–water partition coefficient (Wildman–Crippen LogP) is 2.67. The molecule has 5 nitrogen and oxygen atoms in total. The van der Waals surface area contributed by atoms with E-state index in [1.165, 1.54) is 16.3 Å². The molecule has 3 rings (SSSR count). The van der Waals surface area contributed by atoms with E-state index in [9.17, 15) is 4.39 Å². The fraction of sp³-hybridized carbons (Fsp3) is 0.133. The van der Waals surface area contributed by atoms with Crippen molar-refractivity contribution in [2.45, 2.75) is 13.8 Å². The average molecular weight is 283 g/mol. The van der Waals surface area contributed by atoms with Crippen LogP contribution in [-0.2, 0) is 0 Å². The Morgan fingerprint density at radius 2 is 1.86 bits per heavy atom. The largest absolute Gasteiger partial charge is 0.399 e. The van der Waals surface area contributed by atoms with Crippen LogP contribution < -0.4 is 5.73 Å². The van der Waals surface area contributed by atoms with Gasteiger partial charge in [0.05, 0.1) is 11.3 Å². The fourth-order valence-corrected chi connectivity index (χ4v) is 2.10. The zero-order chi connectivity index (χ0) is 15.0. The van der Waals surface area contributed by atoms with Crippen molar-refractivity contribution in [2.75, 3.05) is 5.73 Å². The predicted molar refractivity (Wildman–Crippen MR) is 78.4 cm³/mol. The first-order valence-corrected chi connectivity index (χ1v) is 6.47. The SMILES string of the molecule is Cc1ccc(-n2nnnc2-c2ccc(N)cc2F)cc1C. The van der Waals surface area contributed by atoms with Crippen LogP contribution >= 0.6 is 0 Å². The minimum absolute atomic E-state index is 0.312. The number of nitrogens with zero attached hydrogens (tertiary/aromatic N) is 4. The lowest BCUT2D eigenvalue weighted by atomic mass is 10.1. The van der Waals surface area contributed by atoms with Crippen LogP contribution in [0.4, 0.5) is 10.1 Å². The number of nitrogens with two attached hydrogens (primary N) is 1. The molecule has 1 aromatic heterocycles. The van der Waals surface area contributed by atoms with Crippen molar-refractivity contribution in [1.82, 2.24) is 20.2 Å². The van der Waals surface area contributed by atoms with Gasteiger partial charge in [0.2, 0.25) is 0 Å². The molecule has 3 aromatic rings. The molecule has 0 aliphatic heterocycles. The summed E-state index contributed by atoms with van der Waals surface area (Å²) in [4.78, 5) is 0. The van der Waals surface area contributed by atoms with E-state index in [1.807, 2.05) is 32.0 Å². The lowest BCUT2D eigenvalue weighted by Gasteiger charge is -2.08. The van der Waals surface area contributed by atoms with Crippen molar-refractivity contribution in [3.8, 4) is 17.1 Å². The number of nitrogen functional groups attached to an aromatic ring is 1. The molecule has 0 atom stereocenters. The van der Waals surface area contributed by atoms with Gasteiger partial charge in [0.25, 0.3) is 0 Å². The van der Waals surface area contributed by atoms with Crippen molar-refractivity contribution < 1.29 is 4.39 Å². The quantitative estimate of drug-likeness (QED) is 0.734. The summed E-state index contributed by atoms with van der Waals surface area (Å²) in [5, 5.41) is 11.5. The number of aromatic nitrogens is 4. The Labute approximate surface area is 121 Å². The van der Waals surface area contributed by atoms with E-state index in [1.54, 1.807) is 12.1 Å². The van der Waals surface area contributed by atoms with Crippen molar-refractivity contribution in [1.29, 1.82) is 0 Å². The molecule has 2 aromatic carbocycles. The third kappa shape index (κ3) is 2.35. The van der Waals surface area contributed by atoms with Crippen molar-refractivity contribution in [3.05, 3.63) is 53.3 Å². The minimum atomic E-state index is -0.449. The molecule has 0 radical (unpaired) electrons. The number of halogens is 1. The third-order valence-electron chi connectivity index (χ3n) is 3.44. The van der Waals surface area contributed by atoms with Gasteiger partial charge in [-0.25, -0.2) is 4.39 Å². The van der Waals surface area contributed by atoms with Crippen molar-refractivity contribution in [3.63, 3.8) is 0 Å². The maximum Gasteiger partial charge on any atom is 0.190 e. The van der Waals surface area contributed by atoms with Crippen LogP contribution in [0.1, 0.15) is 11.1 Å². The smallest absolute Gasteiger partial charge is 0.190 e. The molecule has 2 N–H and O–H groups in total. The Balaban J connectivity index is 2.14. The molecule has 1 heterocycles. The van der Waals surface area contributed by atoms with E-state index >= 15 is 0 Å². The van der Waals surface area contributed by atoms with Crippen LogP contribution in [0, 0.1) is 19.7 Å². The number of aryl methyl sites for hydroxylation is 2. The molecular formula is C15H14FN5. The maximum absolute atomic E-state index is 14.1. The summed E-state index contributed by atoms with van der Waals surface area (Å²) in [5.41, 5.74) is 9.32. The van der Waals surface area contributed by atoms with E-state index in [0.717, 1.165) is 11.3 Å². The van der Waals surface area contributed by atoms with E-state index in [2.05, 4.69) is 15.5 Å². The van der Waals surface area contributed by atoms with Gasteiger partial charge < -0.3 is 5.73 Å². The van der Waals surface area contributed by atoms with Gasteiger partial charge in [-0.15, -0.1) is 5.10 Å². The molecule has 21 heavy (non-hydrogen) atoms. The molecule has 0 saturated heterocycles. The Kier molecular flexibility index (Phi) is 3.13. The Bertz CT molecular complexity index is 810. The molecule has 0 saturated carbocycles. The molecule has 106 valence electrons. The second-order valence-corrected chi connectivity index (χ2v) is 4.92. The molecule has 0 unspecified atom stereocenters. The van der Waals surface area contributed by atoms with Gasteiger partial charge in [-0.2, -0.15) is 4.68 Å². The Morgan fingerprint density at radius 3 is 2.57 bits per heavy atom. The monoisotopic (exact) mass is 283 g/mol. The summed E-state index contributed by atoms with van der Waals surface area (Å²) in [6, 6.07) is 10.3. The molecule has 0 amide bonds. The minimum Gasteiger partial charge on any atom is -0.399 e. The van der Waals surface area contributed by atoms with Gasteiger partial charge in [0.15, 0.2) is 5.82 Å². The summed E-state index contributed by atoms with van der Waals surface area (Å²) < 4.78 is 15.6. The van der Waals surface area contributed by atoms with Gasteiger partial charge in [-0.05, 0) is 65.7 Å². The number of hydrogen-bond acceptors (Lipinski definition) is 4. The zero-order valence-corrected chi connectivity index (χ0v) is 11.7. The summed E-state index contributed by atoms with van der Waals surface area (Å²) in [5.74, 6) is -0.106. The van der Waals surface area contributed by atoms with Gasteiger partial charge >= 0.3 is 0 Å². The summed E-state index contributed by atoms with van der Waals surface area (Å²) >= 11 is 0. The van der Waals surface area contributed by atoms with E-state index in [0.29, 0.717) is 17.1 Å². The lowest BCUT2D eigenvalue weighted by molar-refractivity contribution is 0.629. The van der Waals surface area contributed by atoms with Crippen molar-refractivity contribution in [2.24, 2.45) is 0 Å². The number of anilines is 1. The Morgan fingerprint density at radius 1 is 1.05 bits per heavy atom. The molecule has 0 bridgehead atoms. The highest BCUT2D eigenvalue weighted by molar-refractivity contribution is 5.61. The average Bonchev–Trinajstić information content (AvgIpc) is 2.91. The number of tetrazole rings is 1. The first kappa shape index (κ1) is 13.2. The molecule has 0 spiro atoms. The molecule has 0 aliphatic rings. The summed E-state index contributed by atoms with van der Waals surface area (Å²) in [6.07, 6.45) is 0. The van der Waals surface area contributed by atoms with Crippen molar-refractivity contribution >= 4 is 5.69 Å². The van der Waals surface area contributed by atoms with Gasteiger partial charge in [-0.3, -0.25) is 0 Å². The Hall–Kier alpha value is -2.76. The normalized spacial score (nSPS) is 10.8. The number of hydrogen-bond donors (Lipinski definition) is 1. The number of benzene rings is 2. The van der Waals surface area contributed by atoms with Crippen LogP contribution in [0.15, 0.2) is 36.4 Å². The second kappa shape index (κ2) is 4.97. The third-order valence-corrected chi connectivity index (χ3v) is 3.44. The van der Waals surface area contributed by atoms with Gasteiger partial charge in [0, 0.05) is 5.69 Å². The molecule has 0 aliphatic carbocycles. The van der Waals surface area contributed by atoms with Crippen LogP contribution in [0.2, 0.25) is 0 Å². The summed E-state index contributed by atoms with van der Waals surface area (Å²) in [7, 11) is 0. The van der Waals surface area contributed by atoms with Gasteiger partial charge in [-0.1, -0.05) is 6.07 Å². The van der Waals surface area contributed by atoms with E-state index in [4.69, 9.17) is 5.73 Å². The molecule has 6 heteroatoms.